The van der Waals surface area contributed by atoms with Gasteiger partial charge in [0.25, 0.3) is 0 Å². The van der Waals surface area contributed by atoms with E-state index in [-0.39, 0.29) is 24.2 Å². The van der Waals surface area contributed by atoms with Crippen LogP contribution < -0.4 is 25.0 Å². The number of nitrogens with zero attached hydrogens (tertiary/aromatic N) is 1. The average Bonchev–Trinajstić information content (AvgIpc) is 3.36. The number of fused-ring (bicyclic) bond motifs is 1. The van der Waals surface area contributed by atoms with E-state index in [1.807, 2.05) is 19.1 Å². The summed E-state index contributed by atoms with van der Waals surface area (Å²) in [6.07, 6.45) is 3.98. The van der Waals surface area contributed by atoms with Crippen molar-refractivity contribution in [2.45, 2.75) is 38.6 Å². The summed E-state index contributed by atoms with van der Waals surface area (Å²) in [5, 5.41) is 5.67. The number of anilines is 2. The molecule has 2 aromatic carbocycles. The zero-order valence-electron chi connectivity index (χ0n) is 20.3. The van der Waals surface area contributed by atoms with Gasteiger partial charge in [0.05, 0.1) is 0 Å². The van der Waals surface area contributed by atoms with Crippen LogP contribution in [0.25, 0.3) is 0 Å². The van der Waals surface area contributed by atoms with E-state index in [0.29, 0.717) is 36.1 Å². The Hall–Kier alpha value is -3.40. The van der Waals surface area contributed by atoms with Crippen molar-refractivity contribution in [2.75, 3.05) is 41.5 Å². The molecular weight excluding hydrogens is 482 g/mol. The minimum absolute atomic E-state index is 0.106. The molecule has 1 aliphatic heterocycles. The van der Waals surface area contributed by atoms with Gasteiger partial charge in [0.15, 0.2) is 11.5 Å². The third kappa shape index (κ3) is 7.07. The van der Waals surface area contributed by atoms with E-state index in [1.165, 1.54) is 4.90 Å². The molecule has 2 aliphatic rings. The molecule has 36 heavy (non-hydrogen) atoms. The van der Waals surface area contributed by atoms with Gasteiger partial charge in [0, 0.05) is 34.3 Å². The van der Waals surface area contributed by atoms with Crippen LogP contribution in [0.4, 0.5) is 11.4 Å². The monoisotopic (exact) mass is 513 g/mol. The first kappa shape index (κ1) is 25.7. The lowest BCUT2D eigenvalue weighted by molar-refractivity contribution is -0.123. The number of hydrogen-bond donors (Lipinski definition) is 2. The van der Waals surface area contributed by atoms with Crippen molar-refractivity contribution in [3.63, 3.8) is 0 Å². The van der Waals surface area contributed by atoms with Gasteiger partial charge in [-0.15, -0.1) is 0 Å². The minimum atomic E-state index is -1.76. The molecule has 1 saturated carbocycles. The fourth-order valence-corrected chi connectivity index (χ4v) is 5.16. The fourth-order valence-electron chi connectivity index (χ4n) is 4.26. The second-order valence-corrected chi connectivity index (χ2v) is 10.5. The first-order valence-corrected chi connectivity index (χ1v) is 13.6. The van der Waals surface area contributed by atoms with E-state index in [0.717, 1.165) is 31.2 Å². The molecule has 0 aromatic heterocycles. The predicted octanol–water partition coefficient (Wildman–Crippen LogP) is 2.55. The second-order valence-electron chi connectivity index (χ2n) is 9.00. The van der Waals surface area contributed by atoms with Crippen LogP contribution in [0.1, 0.15) is 31.2 Å². The number of aryl methyl sites for hydroxylation is 1. The molecule has 1 fully saturated rings. The first-order chi connectivity index (χ1) is 17.4. The molecule has 0 saturated heterocycles. The van der Waals surface area contributed by atoms with E-state index in [1.54, 1.807) is 30.3 Å². The van der Waals surface area contributed by atoms with Crippen LogP contribution >= 0.6 is 0 Å². The quantitative estimate of drug-likeness (QED) is 0.533. The van der Waals surface area contributed by atoms with Crippen LogP contribution in [0.5, 0.6) is 11.5 Å². The number of nitrogens with one attached hydrogen (secondary N) is 2. The summed E-state index contributed by atoms with van der Waals surface area (Å²) in [4.78, 5) is 39.6. The van der Waals surface area contributed by atoms with Crippen LogP contribution in [-0.4, -0.2) is 59.2 Å². The Kier molecular flexibility index (Phi) is 8.58. The topological polar surface area (TPSA) is 114 Å². The number of ether oxygens (including phenoxy) is 2. The van der Waals surface area contributed by atoms with E-state index in [2.05, 4.69) is 10.6 Å². The average molecular weight is 514 g/mol. The molecule has 0 unspecified atom stereocenters. The van der Waals surface area contributed by atoms with Gasteiger partial charge in [-0.05, 0) is 44.0 Å². The number of amides is 3. The number of carbonyl (C=O) groups excluding carboxylic acids is 3. The highest BCUT2D eigenvalue weighted by molar-refractivity contribution is 7.86. The van der Waals surface area contributed by atoms with Crippen molar-refractivity contribution >= 4 is 39.9 Å². The molecular formula is C26H31N3O6S. The van der Waals surface area contributed by atoms with Crippen molar-refractivity contribution in [3.8, 4) is 11.5 Å². The van der Waals surface area contributed by atoms with Gasteiger partial charge in [-0.1, -0.05) is 30.5 Å². The van der Waals surface area contributed by atoms with Crippen molar-refractivity contribution in [1.82, 2.24) is 5.32 Å². The van der Waals surface area contributed by atoms with E-state index >= 15 is 0 Å². The largest absolute Gasteiger partial charge is 0.486 e. The SMILES string of the molecule is Cc1ccc(NC(=O)C[S@@](=O)CC(=O)N(CC(=O)NC2CCCC2)c2ccc3c(c2)OCCO3)cc1. The Balaban J connectivity index is 1.42. The van der Waals surface area contributed by atoms with Crippen LogP contribution in [0.15, 0.2) is 42.5 Å². The highest BCUT2D eigenvalue weighted by Gasteiger charge is 2.26. The zero-order valence-corrected chi connectivity index (χ0v) is 21.1. The predicted molar refractivity (Wildman–Crippen MR) is 138 cm³/mol. The summed E-state index contributed by atoms with van der Waals surface area (Å²) in [7, 11) is -1.76. The Morgan fingerprint density at radius 2 is 1.64 bits per heavy atom. The van der Waals surface area contributed by atoms with Crippen LogP contribution in [0.2, 0.25) is 0 Å². The number of rotatable bonds is 9. The lowest BCUT2D eigenvalue weighted by Crippen LogP contribution is -2.45. The van der Waals surface area contributed by atoms with E-state index in [4.69, 9.17) is 9.47 Å². The molecule has 9 nitrogen and oxygen atoms in total. The summed E-state index contributed by atoms with van der Waals surface area (Å²) < 4.78 is 23.9. The Morgan fingerprint density at radius 3 is 2.36 bits per heavy atom. The molecule has 0 spiro atoms. The zero-order chi connectivity index (χ0) is 25.5. The summed E-state index contributed by atoms with van der Waals surface area (Å²) in [5.41, 5.74) is 2.08. The van der Waals surface area contributed by atoms with Crippen LogP contribution in [0.3, 0.4) is 0 Å². The third-order valence-electron chi connectivity index (χ3n) is 6.07. The molecule has 0 radical (unpaired) electrons. The summed E-state index contributed by atoms with van der Waals surface area (Å²) in [6.45, 7) is 2.53. The summed E-state index contributed by atoms with van der Waals surface area (Å²) in [5.74, 6) is -0.942. The first-order valence-electron chi connectivity index (χ1n) is 12.1. The molecule has 192 valence electrons. The normalized spacial score (nSPS) is 15.7. The Morgan fingerprint density at radius 1 is 0.944 bits per heavy atom. The molecule has 4 rings (SSSR count). The Bertz CT molecular complexity index is 1130. The van der Waals surface area contributed by atoms with Gasteiger partial charge in [-0.25, -0.2) is 0 Å². The number of hydrogen-bond acceptors (Lipinski definition) is 6. The van der Waals surface area contributed by atoms with E-state index < -0.39 is 28.4 Å². The van der Waals surface area contributed by atoms with Gasteiger partial charge in [0.1, 0.15) is 31.3 Å². The van der Waals surface area contributed by atoms with Gasteiger partial charge in [0.2, 0.25) is 17.7 Å². The summed E-state index contributed by atoms with van der Waals surface area (Å²) in [6, 6.07) is 12.3. The molecule has 10 heteroatoms. The van der Waals surface area contributed by atoms with E-state index in [9.17, 15) is 18.6 Å². The third-order valence-corrected chi connectivity index (χ3v) is 7.23. The lowest BCUT2D eigenvalue weighted by atomic mass is 10.2. The molecule has 1 aliphatic carbocycles. The maximum absolute atomic E-state index is 13.2. The molecule has 1 heterocycles. The van der Waals surface area contributed by atoms with Crippen molar-refractivity contribution < 1.29 is 28.1 Å². The van der Waals surface area contributed by atoms with Crippen molar-refractivity contribution in [3.05, 3.63) is 48.0 Å². The van der Waals surface area contributed by atoms with Gasteiger partial charge < -0.3 is 25.0 Å². The standard InChI is InChI=1S/C26H31N3O6S/c1-18-6-8-20(9-7-18)28-25(31)16-36(33)17-26(32)29(15-24(30)27-19-4-2-3-5-19)21-10-11-22-23(14-21)35-13-12-34-22/h6-11,14,19H,2-5,12-13,15-17H2,1H3,(H,27,30)(H,28,31)/t36-/m1/s1. The van der Waals surface area contributed by atoms with Gasteiger partial charge >= 0.3 is 0 Å². The van der Waals surface area contributed by atoms with Crippen molar-refractivity contribution in [1.29, 1.82) is 0 Å². The minimum Gasteiger partial charge on any atom is -0.486 e. The molecule has 1 atom stereocenters. The molecule has 3 amide bonds. The maximum atomic E-state index is 13.2. The van der Waals surface area contributed by atoms with Gasteiger partial charge in [-0.3, -0.25) is 18.6 Å². The second kappa shape index (κ2) is 12.0. The molecule has 2 N–H and O–H groups in total. The fraction of sp³-hybridized carbons (Fsp3) is 0.423. The van der Waals surface area contributed by atoms with Gasteiger partial charge in [-0.2, -0.15) is 0 Å². The Labute approximate surface area is 213 Å². The summed E-state index contributed by atoms with van der Waals surface area (Å²) >= 11 is 0. The molecule has 2 aromatic rings. The van der Waals surface area contributed by atoms with Crippen LogP contribution in [0, 0.1) is 6.92 Å². The number of benzene rings is 2. The maximum Gasteiger partial charge on any atom is 0.240 e. The smallest absolute Gasteiger partial charge is 0.240 e. The molecule has 0 bridgehead atoms. The van der Waals surface area contributed by atoms with Crippen LogP contribution in [-0.2, 0) is 25.2 Å². The highest BCUT2D eigenvalue weighted by Crippen LogP contribution is 2.34. The number of carbonyl (C=O) groups is 3. The highest BCUT2D eigenvalue weighted by atomic mass is 32.2. The lowest BCUT2D eigenvalue weighted by Gasteiger charge is -2.25. The van der Waals surface area contributed by atoms with Crippen molar-refractivity contribution in [2.24, 2.45) is 0 Å².